The van der Waals surface area contributed by atoms with Crippen LogP contribution in [0.25, 0.3) is 0 Å². The molecule has 1 aromatic rings. The number of ether oxygens (including phenoxy) is 3. The fourth-order valence-corrected chi connectivity index (χ4v) is 2.39. The van der Waals surface area contributed by atoms with E-state index in [1.807, 2.05) is 0 Å². The van der Waals surface area contributed by atoms with Gasteiger partial charge in [-0.1, -0.05) is 0 Å². The summed E-state index contributed by atoms with van der Waals surface area (Å²) in [4.78, 5) is 0. The molecule has 0 saturated heterocycles. The average Bonchev–Trinajstić information content (AvgIpc) is 2.72. The molecule has 2 aliphatic rings. The van der Waals surface area contributed by atoms with Crippen molar-refractivity contribution >= 4 is 0 Å². The van der Waals surface area contributed by atoms with Gasteiger partial charge in [-0.15, -0.1) is 0 Å². The van der Waals surface area contributed by atoms with Gasteiger partial charge in [0.1, 0.15) is 0 Å². The average molecular weight is 206 g/mol. The molecule has 0 N–H and O–H groups in total. The van der Waals surface area contributed by atoms with Crippen LogP contribution in [0.4, 0.5) is 0 Å². The van der Waals surface area contributed by atoms with Gasteiger partial charge in [0.05, 0.1) is 6.10 Å². The van der Waals surface area contributed by atoms with Crippen LogP contribution in [-0.2, 0) is 11.2 Å². The molecule has 1 aliphatic heterocycles. The van der Waals surface area contributed by atoms with E-state index in [0.717, 1.165) is 24.3 Å². The normalized spacial score (nSPS) is 22.6. The van der Waals surface area contributed by atoms with E-state index in [9.17, 15) is 0 Å². The summed E-state index contributed by atoms with van der Waals surface area (Å²) in [6.45, 7) is 0.343. The SMILES string of the molecule is COC1CCCc2cc3c(cc21)OCO3. The van der Waals surface area contributed by atoms with Crippen LogP contribution in [-0.4, -0.2) is 13.9 Å². The van der Waals surface area contributed by atoms with Crippen LogP contribution in [0.15, 0.2) is 12.1 Å². The zero-order valence-electron chi connectivity index (χ0n) is 8.79. The number of aryl methyl sites for hydroxylation is 1. The van der Waals surface area contributed by atoms with Crippen LogP contribution in [0.3, 0.4) is 0 Å². The van der Waals surface area contributed by atoms with Crippen molar-refractivity contribution in [2.24, 2.45) is 0 Å². The molecule has 15 heavy (non-hydrogen) atoms. The van der Waals surface area contributed by atoms with Gasteiger partial charge < -0.3 is 14.2 Å². The first kappa shape index (κ1) is 9.04. The zero-order valence-corrected chi connectivity index (χ0v) is 8.79. The van der Waals surface area contributed by atoms with Crippen LogP contribution in [0, 0.1) is 0 Å². The number of methoxy groups -OCH3 is 1. The van der Waals surface area contributed by atoms with E-state index < -0.39 is 0 Å². The quantitative estimate of drug-likeness (QED) is 0.706. The van der Waals surface area contributed by atoms with Gasteiger partial charge in [0.15, 0.2) is 11.5 Å². The highest BCUT2D eigenvalue weighted by Crippen LogP contribution is 2.41. The molecule has 0 saturated carbocycles. The molecule has 80 valence electrons. The predicted molar refractivity (Wildman–Crippen MR) is 55.3 cm³/mol. The van der Waals surface area contributed by atoms with Crippen molar-refractivity contribution in [3.05, 3.63) is 23.3 Å². The minimum absolute atomic E-state index is 0.225. The van der Waals surface area contributed by atoms with Crippen LogP contribution < -0.4 is 9.47 Å². The molecule has 1 aliphatic carbocycles. The molecule has 0 bridgehead atoms. The maximum atomic E-state index is 5.48. The molecule has 0 radical (unpaired) electrons. The third-order valence-corrected chi connectivity index (χ3v) is 3.18. The second kappa shape index (κ2) is 3.42. The standard InChI is InChI=1S/C12H14O3/c1-13-10-4-2-3-8-5-11-12(6-9(8)10)15-7-14-11/h5-6,10H,2-4,7H2,1H3. The number of hydrogen-bond acceptors (Lipinski definition) is 3. The van der Waals surface area contributed by atoms with Crippen molar-refractivity contribution in [1.29, 1.82) is 0 Å². The molecule has 0 fully saturated rings. The second-order valence-corrected chi connectivity index (χ2v) is 4.02. The Morgan fingerprint density at radius 3 is 2.87 bits per heavy atom. The Labute approximate surface area is 89.0 Å². The summed E-state index contributed by atoms with van der Waals surface area (Å²) in [7, 11) is 1.77. The first-order chi connectivity index (χ1) is 7.38. The number of rotatable bonds is 1. The Balaban J connectivity index is 2.08. The summed E-state index contributed by atoms with van der Waals surface area (Å²) < 4.78 is 16.2. The van der Waals surface area contributed by atoms with E-state index in [2.05, 4.69) is 12.1 Å². The smallest absolute Gasteiger partial charge is 0.231 e. The Morgan fingerprint density at radius 2 is 2.07 bits per heavy atom. The predicted octanol–water partition coefficient (Wildman–Crippen LogP) is 2.44. The minimum Gasteiger partial charge on any atom is -0.454 e. The van der Waals surface area contributed by atoms with Crippen molar-refractivity contribution in [2.75, 3.05) is 13.9 Å². The van der Waals surface area contributed by atoms with E-state index >= 15 is 0 Å². The van der Waals surface area contributed by atoms with E-state index in [1.165, 1.54) is 17.5 Å². The third kappa shape index (κ3) is 1.38. The molecule has 1 aromatic carbocycles. The fraction of sp³-hybridized carbons (Fsp3) is 0.500. The van der Waals surface area contributed by atoms with Gasteiger partial charge in [-0.05, 0) is 42.5 Å². The lowest BCUT2D eigenvalue weighted by molar-refractivity contribution is 0.0879. The third-order valence-electron chi connectivity index (χ3n) is 3.18. The molecular weight excluding hydrogens is 192 g/mol. The maximum absolute atomic E-state index is 5.48. The molecular formula is C12H14O3. The lowest BCUT2D eigenvalue weighted by Crippen LogP contribution is -2.11. The van der Waals surface area contributed by atoms with E-state index in [-0.39, 0.29) is 6.10 Å². The lowest BCUT2D eigenvalue weighted by Gasteiger charge is -2.24. The summed E-state index contributed by atoms with van der Waals surface area (Å²) in [5, 5.41) is 0. The van der Waals surface area contributed by atoms with Gasteiger partial charge >= 0.3 is 0 Å². The summed E-state index contributed by atoms with van der Waals surface area (Å²) in [5.41, 5.74) is 2.62. The Hall–Kier alpha value is -1.22. The lowest BCUT2D eigenvalue weighted by atomic mass is 9.89. The molecule has 0 aromatic heterocycles. The largest absolute Gasteiger partial charge is 0.454 e. The molecule has 1 heterocycles. The zero-order chi connectivity index (χ0) is 10.3. The Morgan fingerprint density at radius 1 is 1.27 bits per heavy atom. The number of hydrogen-bond donors (Lipinski definition) is 0. The van der Waals surface area contributed by atoms with Crippen LogP contribution >= 0.6 is 0 Å². The number of fused-ring (bicyclic) bond motifs is 2. The fourth-order valence-electron chi connectivity index (χ4n) is 2.39. The molecule has 3 rings (SSSR count). The van der Waals surface area contributed by atoms with Crippen molar-refractivity contribution in [1.82, 2.24) is 0 Å². The monoisotopic (exact) mass is 206 g/mol. The van der Waals surface area contributed by atoms with Gasteiger partial charge in [-0.3, -0.25) is 0 Å². The highest BCUT2D eigenvalue weighted by molar-refractivity contribution is 5.50. The molecule has 0 spiro atoms. The van der Waals surface area contributed by atoms with E-state index in [4.69, 9.17) is 14.2 Å². The van der Waals surface area contributed by atoms with Crippen molar-refractivity contribution in [3.8, 4) is 11.5 Å². The maximum Gasteiger partial charge on any atom is 0.231 e. The molecule has 1 unspecified atom stereocenters. The first-order valence-corrected chi connectivity index (χ1v) is 5.33. The van der Waals surface area contributed by atoms with Crippen molar-refractivity contribution < 1.29 is 14.2 Å². The Bertz CT molecular complexity index is 387. The highest BCUT2D eigenvalue weighted by Gasteiger charge is 2.24. The van der Waals surface area contributed by atoms with Gasteiger partial charge in [0, 0.05) is 7.11 Å². The minimum atomic E-state index is 0.225. The number of benzene rings is 1. The van der Waals surface area contributed by atoms with Crippen LogP contribution in [0.1, 0.15) is 30.1 Å². The van der Waals surface area contributed by atoms with Gasteiger partial charge in [0.2, 0.25) is 6.79 Å². The second-order valence-electron chi connectivity index (χ2n) is 4.02. The summed E-state index contributed by atoms with van der Waals surface area (Å²) in [6.07, 6.45) is 3.63. The summed E-state index contributed by atoms with van der Waals surface area (Å²) in [5.74, 6) is 1.74. The van der Waals surface area contributed by atoms with Crippen molar-refractivity contribution in [3.63, 3.8) is 0 Å². The van der Waals surface area contributed by atoms with Crippen LogP contribution in [0.5, 0.6) is 11.5 Å². The summed E-state index contributed by atoms with van der Waals surface area (Å²) >= 11 is 0. The molecule has 1 atom stereocenters. The van der Waals surface area contributed by atoms with E-state index in [0.29, 0.717) is 6.79 Å². The van der Waals surface area contributed by atoms with Crippen LogP contribution in [0.2, 0.25) is 0 Å². The van der Waals surface area contributed by atoms with Gasteiger partial charge in [0.25, 0.3) is 0 Å². The molecule has 3 nitrogen and oxygen atoms in total. The highest BCUT2D eigenvalue weighted by atomic mass is 16.7. The van der Waals surface area contributed by atoms with Crippen molar-refractivity contribution in [2.45, 2.75) is 25.4 Å². The van der Waals surface area contributed by atoms with Gasteiger partial charge in [-0.25, -0.2) is 0 Å². The molecule has 0 amide bonds. The van der Waals surface area contributed by atoms with Gasteiger partial charge in [-0.2, -0.15) is 0 Å². The Kier molecular flexibility index (Phi) is 2.06. The first-order valence-electron chi connectivity index (χ1n) is 5.33. The topological polar surface area (TPSA) is 27.7 Å². The molecule has 3 heteroatoms. The van der Waals surface area contributed by atoms with E-state index in [1.54, 1.807) is 7.11 Å². The summed E-state index contributed by atoms with van der Waals surface area (Å²) in [6, 6.07) is 4.17.